The lowest BCUT2D eigenvalue weighted by molar-refractivity contribution is -0.152. The van der Waals surface area contributed by atoms with Crippen LogP contribution in [0.5, 0.6) is 5.75 Å². The van der Waals surface area contributed by atoms with E-state index in [-0.39, 0.29) is 24.7 Å². The number of hydrogen-bond donors (Lipinski definition) is 1. The number of thiazole rings is 1. The fourth-order valence-electron chi connectivity index (χ4n) is 3.72. The van der Waals surface area contributed by atoms with Gasteiger partial charge in [-0.3, -0.25) is 0 Å². The second kappa shape index (κ2) is 10.4. The Morgan fingerprint density at radius 3 is 2.82 bits per heavy atom. The first-order valence-corrected chi connectivity index (χ1v) is 11.4. The van der Waals surface area contributed by atoms with Crippen LogP contribution in [0.25, 0.3) is 0 Å². The zero-order chi connectivity index (χ0) is 24.2. The molecule has 1 aliphatic rings. The first-order chi connectivity index (χ1) is 16.3. The molecule has 1 aromatic heterocycles. The molecule has 0 saturated heterocycles. The lowest BCUT2D eigenvalue weighted by Gasteiger charge is -2.36. The summed E-state index contributed by atoms with van der Waals surface area (Å²) >= 11 is 7.64. The summed E-state index contributed by atoms with van der Waals surface area (Å²) in [6, 6.07) is 8.30. The largest absolute Gasteiger partial charge is 0.528 e. The first kappa shape index (κ1) is 23.9. The molecule has 0 amide bonds. The van der Waals surface area contributed by atoms with Gasteiger partial charge in [-0.1, -0.05) is 17.7 Å². The minimum Gasteiger partial charge on any atom is -0.482 e. The zero-order valence-electron chi connectivity index (χ0n) is 18.0. The lowest BCUT2D eigenvalue weighted by Crippen LogP contribution is -2.38. The fraction of sp³-hybridized carbons (Fsp3) is 0.261. The molecule has 34 heavy (non-hydrogen) atoms. The Hall–Kier alpha value is -3.21. The number of hydroxylamine groups is 2. The van der Waals surface area contributed by atoms with Crippen molar-refractivity contribution in [3.05, 3.63) is 80.0 Å². The fourth-order valence-corrected chi connectivity index (χ4v) is 4.61. The number of halogens is 2. The molecule has 0 saturated carbocycles. The molecular formula is C23H20ClFN2O6S. The second-order valence-electron chi connectivity index (χ2n) is 7.48. The molecule has 4 rings (SSSR count). The zero-order valence-corrected chi connectivity index (χ0v) is 19.6. The van der Waals surface area contributed by atoms with E-state index >= 15 is 0 Å². The van der Waals surface area contributed by atoms with Crippen LogP contribution in [0.2, 0.25) is 5.02 Å². The van der Waals surface area contributed by atoms with Crippen molar-refractivity contribution in [2.75, 3.05) is 13.2 Å². The van der Waals surface area contributed by atoms with Crippen molar-refractivity contribution in [2.45, 2.75) is 26.0 Å². The van der Waals surface area contributed by atoms with Crippen LogP contribution in [-0.2, 0) is 27.4 Å². The molecule has 0 radical (unpaired) electrons. The van der Waals surface area contributed by atoms with E-state index in [1.165, 1.54) is 28.5 Å². The third-order valence-electron chi connectivity index (χ3n) is 5.10. The van der Waals surface area contributed by atoms with Crippen LogP contribution in [0.3, 0.4) is 0 Å². The van der Waals surface area contributed by atoms with E-state index in [0.717, 1.165) is 15.4 Å². The number of fused-ring (bicyclic) bond motifs is 1. The Morgan fingerprint density at radius 2 is 2.09 bits per heavy atom. The van der Waals surface area contributed by atoms with Gasteiger partial charge in [0, 0.05) is 23.3 Å². The number of aromatic nitrogens is 1. The molecule has 0 fully saturated rings. The Kier molecular flexibility index (Phi) is 7.30. The molecule has 0 spiro atoms. The van der Waals surface area contributed by atoms with Crippen molar-refractivity contribution >= 4 is 35.1 Å². The highest BCUT2D eigenvalue weighted by atomic mass is 35.5. The molecule has 2 heterocycles. The molecule has 11 heteroatoms. The monoisotopic (exact) mass is 506 g/mol. The van der Waals surface area contributed by atoms with Gasteiger partial charge < -0.3 is 19.4 Å². The van der Waals surface area contributed by atoms with Crippen LogP contribution in [0.1, 0.15) is 32.6 Å². The molecule has 1 atom stereocenters. The summed E-state index contributed by atoms with van der Waals surface area (Å²) in [5, 5.41) is 11.7. The molecule has 2 aromatic carbocycles. The predicted octanol–water partition coefficient (Wildman–Crippen LogP) is 4.92. The summed E-state index contributed by atoms with van der Waals surface area (Å²) in [4.78, 5) is 34.0. The van der Waals surface area contributed by atoms with Crippen molar-refractivity contribution in [3.63, 3.8) is 0 Å². The Morgan fingerprint density at radius 1 is 1.26 bits per heavy atom. The van der Waals surface area contributed by atoms with E-state index in [2.05, 4.69) is 4.98 Å². The maximum atomic E-state index is 13.9. The van der Waals surface area contributed by atoms with Gasteiger partial charge in [-0.15, -0.1) is 16.4 Å². The number of hydrogen-bond acceptors (Lipinski definition) is 8. The maximum Gasteiger partial charge on any atom is 0.528 e. The molecule has 1 aliphatic heterocycles. The number of benzene rings is 2. The number of aliphatic carboxylic acids is 1. The van der Waals surface area contributed by atoms with Crippen LogP contribution >= 0.6 is 22.9 Å². The highest BCUT2D eigenvalue weighted by Crippen LogP contribution is 2.41. The number of rotatable bonds is 7. The minimum absolute atomic E-state index is 0.00871. The number of ether oxygens (including phenoxy) is 2. The van der Waals surface area contributed by atoms with Gasteiger partial charge >= 0.3 is 12.1 Å². The van der Waals surface area contributed by atoms with Crippen molar-refractivity contribution in [1.29, 1.82) is 0 Å². The van der Waals surface area contributed by atoms with E-state index in [4.69, 9.17) is 31.0 Å². The molecule has 0 bridgehead atoms. The summed E-state index contributed by atoms with van der Waals surface area (Å²) in [6.45, 7) is 1.52. The summed E-state index contributed by atoms with van der Waals surface area (Å²) in [5.41, 5.74) is 1.86. The average molecular weight is 507 g/mol. The molecule has 8 nitrogen and oxygen atoms in total. The van der Waals surface area contributed by atoms with Gasteiger partial charge in [0.2, 0.25) is 0 Å². The third kappa shape index (κ3) is 5.64. The van der Waals surface area contributed by atoms with Crippen LogP contribution in [0.4, 0.5) is 9.18 Å². The summed E-state index contributed by atoms with van der Waals surface area (Å²) in [7, 11) is 0. The average Bonchev–Trinajstić information content (AvgIpc) is 3.22. The third-order valence-corrected chi connectivity index (χ3v) is 6.22. The number of aryl methyl sites for hydroxylation is 1. The van der Waals surface area contributed by atoms with Gasteiger partial charge in [-0.25, -0.2) is 19.0 Å². The van der Waals surface area contributed by atoms with Gasteiger partial charge in [0.05, 0.1) is 15.9 Å². The van der Waals surface area contributed by atoms with Crippen LogP contribution in [-0.4, -0.2) is 40.4 Å². The predicted molar refractivity (Wildman–Crippen MR) is 121 cm³/mol. The summed E-state index contributed by atoms with van der Waals surface area (Å²) in [5.74, 6) is -1.29. The Bertz CT molecular complexity index is 1220. The van der Waals surface area contributed by atoms with Crippen molar-refractivity contribution in [3.8, 4) is 5.75 Å². The number of carboxylic acid groups (broad SMARTS) is 1. The van der Waals surface area contributed by atoms with E-state index in [1.807, 2.05) is 6.92 Å². The van der Waals surface area contributed by atoms with Crippen molar-refractivity contribution < 1.29 is 33.4 Å². The Labute approximate surface area is 203 Å². The molecule has 3 aromatic rings. The minimum atomic E-state index is -1.15. The highest BCUT2D eigenvalue weighted by molar-refractivity contribution is 7.11. The maximum absolute atomic E-state index is 13.9. The van der Waals surface area contributed by atoms with Crippen LogP contribution in [0.15, 0.2) is 42.6 Å². The van der Waals surface area contributed by atoms with Gasteiger partial charge in [-0.05, 0) is 54.8 Å². The highest BCUT2D eigenvalue weighted by Gasteiger charge is 2.34. The first-order valence-electron chi connectivity index (χ1n) is 10.2. The number of carbonyl (C=O) groups excluding carboxylic acids is 1. The van der Waals surface area contributed by atoms with Crippen LogP contribution in [0, 0.1) is 12.7 Å². The van der Waals surface area contributed by atoms with Crippen molar-refractivity contribution in [2.24, 2.45) is 0 Å². The van der Waals surface area contributed by atoms with Gasteiger partial charge in [0.15, 0.2) is 6.61 Å². The van der Waals surface area contributed by atoms with E-state index < -0.39 is 24.8 Å². The molecule has 0 unspecified atom stereocenters. The number of carboxylic acids is 1. The summed E-state index contributed by atoms with van der Waals surface area (Å²) in [6.07, 6.45) is 1.12. The quantitative estimate of drug-likeness (QED) is 0.451. The topological polar surface area (TPSA) is 98.2 Å². The standard InChI is InChI=1S/C23H20ClFN2O6S/c1-13-26-10-17(34-13)11-32-23(30)33-27-7-6-14-8-16(25)3-4-18(14)22(27)19-9-15(24)2-5-20(19)31-12-21(28)29/h2-5,8-10,22H,6-7,11-12H2,1H3,(H,28,29)/t22-/m0/s1. The van der Waals surface area contributed by atoms with Gasteiger partial charge in [0.25, 0.3) is 0 Å². The lowest BCUT2D eigenvalue weighted by atomic mass is 9.89. The van der Waals surface area contributed by atoms with Gasteiger partial charge in [-0.2, -0.15) is 0 Å². The molecule has 0 aliphatic carbocycles. The SMILES string of the molecule is Cc1ncc(COC(=O)ON2CCc3cc(F)ccc3[C@H]2c2cc(Cl)ccc2OCC(=O)O)s1. The smallest absolute Gasteiger partial charge is 0.482 e. The normalized spacial score (nSPS) is 15.4. The van der Waals surface area contributed by atoms with E-state index in [1.54, 1.807) is 30.5 Å². The number of nitrogens with zero attached hydrogens (tertiary/aromatic N) is 2. The molecule has 1 N–H and O–H groups in total. The van der Waals surface area contributed by atoms with E-state index in [0.29, 0.717) is 22.6 Å². The Balaban J connectivity index is 1.64. The molecular weight excluding hydrogens is 487 g/mol. The summed E-state index contributed by atoms with van der Waals surface area (Å²) < 4.78 is 24.6. The second-order valence-corrected chi connectivity index (χ2v) is 9.23. The van der Waals surface area contributed by atoms with Crippen LogP contribution < -0.4 is 4.74 Å². The van der Waals surface area contributed by atoms with Crippen molar-refractivity contribution in [1.82, 2.24) is 10.0 Å². The number of carbonyl (C=O) groups is 2. The molecule has 178 valence electrons. The van der Waals surface area contributed by atoms with E-state index in [9.17, 15) is 14.0 Å². The van der Waals surface area contributed by atoms with Gasteiger partial charge in [0.1, 0.15) is 18.2 Å².